The van der Waals surface area contributed by atoms with Gasteiger partial charge in [-0.1, -0.05) is 20.8 Å². The van der Waals surface area contributed by atoms with E-state index in [0.29, 0.717) is 5.69 Å². The number of aromatic nitrogens is 2. The van der Waals surface area contributed by atoms with E-state index < -0.39 is 24.7 Å². The number of anilines is 1. The molecule has 2 aliphatic rings. The van der Waals surface area contributed by atoms with Crippen molar-refractivity contribution in [3.8, 4) is 0 Å². The Bertz CT molecular complexity index is 971. The van der Waals surface area contributed by atoms with Crippen LogP contribution in [-0.4, -0.2) is 51.0 Å². The Hall–Kier alpha value is -2.45. The first kappa shape index (κ1) is 20.8. The van der Waals surface area contributed by atoms with Crippen molar-refractivity contribution in [2.45, 2.75) is 52.2 Å². The van der Waals surface area contributed by atoms with E-state index in [1.165, 1.54) is 0 Å². The first-order chi connectivity index (χ1) is 14.2. The van der Waals surface area contributed by atoms with E-state index in [9.17, 15) is 19.8 Å². The van der Waals surface area contributed by atoms with Crippen LogP contribution in [0.4, 0.5) is 5.69 Å². The smallest absolute Gasteiger partial charge is 0.249 e. The van der Waals surface area contributed by atoms with E-state index in [1.807, 2.05) is 6.07 Å². The molecule has 1 aromatic heterocycles. The summed E-state index contributed by atoms with van der Waals surface area (Å²) >= 11 is 0. The minimum atomic E-state index is -1.06. The number of H-pyrrole nitrogens is 1. The van der Waals surface area contributed by atoms with E-state index in [-0.39, 0.29) is 35.0 Å². The van der Waals surface area contributed by atoms with Gasteiger partial charge in [0.15, 0.2) is 0 Å². The Kier molecular flexibility index (Phi) is 5.10. The number of carbonyl (C=O) groups is 2. The number of benzene rings is 1. The maximum atomic E-state index is 12.7. The highest BCUT2D eigenvalue weighted by molar-refractivity contribution is 5.98. The molecule has 5 atom stereocenters. The average molecular weight is 415 g/mol. The fourth-order valence-electron chi connectivity index (χ4n) is 5.69. The van der Waals surface area contributed by atoms with Gasteiger partial charge in [-0.2, -0.15) is 5.10 Å². The lowest BCUT2D eigenvalue weighted by Gasteiger charge is -2.37. The summed E-state index contributed by atoms with van der Waals surface area (Å²) in [6.07, 6.45) is 3.25. The number of nitrogens with one attached hydrogen (secondary N) is 3. The molecule has 1 aromatic carbocycles. The van der Waals surface area contributed by atoms with Crippen LogP contribution in [0.2, 0.25) is 0 Å². The molecule has 162 valence electrons. The second kappa shape index (κ2) is 7.35. The Morgan fingerprint density at radius 2 is 2.10 bits per heavy atom. The van der Waals surface area contributed by atoms with Crippen molar-refractivity contribution in [2.24, 2.45) is 22.7 Å². The highest BCUT2D eigenvalue weighted by atomic mass is 16.3. The van der Waals surface area contributed by atoms with Crippen LogP contribution >= 0.6 is 0 Å². The molecule has 0 aliphatic heterocycles. The van der Waals surface area contributed by atoms with Gasteiger partial charge in [-0.05, 0) is 53.7 Å². The number of hydrogen-bond donors (Lipinski definition) is 5. The summed E-state index contributed by atoms with van der Waals surface area (Å²) in [4.78, 5) is 25.3. The number of hydrogen-bond acceptors (Lipinski definition) is 5. The van der Waals surface area contributed by atoms with Gasteiger partial charge in [-0.25, -0.2) is 0 Å². The third-order valence-corrected chi connectivity index (χ3v) is 7.91. The SMILES string of the molecule is CC1(C)C2CCC1(C)C(O)C2CC(=O)N[C@@H](CO)C(=O)Nc1ccc2cn[nH]c2c1. The third kappa shape index (κ3) is 3.18. The number of rotatable bonds is 6. The molecule has 2 bridgehead atoms. The predicted molar refractivity (Wildman–Crippen MR) is 112 cm³/mol. The Labute approximate surface area is 175 Å². The fraction of sp³-hybridized carbons (Fsp3) is 0.591. The quantitative estimate of drug-likeness (QED) is 0.493. The van der Waals surface area contributed by atoms with E-state index in [2.05, 4.69) is 41.6 Å². The van der Waals surface area contributed by atoms with Crippen molar-refractivity contribution in [2.75, 3.05) is 11.9 Å². The van der Waals surface area contributed by atoms with Crippen molar-refractivity contribution < 1.29 is 19.8 Å². The van der Waals surface area contributed by atoms with Crippen LogP contribution in [0.15, 0.2) is 24.4 Å². The monoisotopic (exact) mass is 414 g/mol. The van der Waals surface area contributed by atoms with E-state index >= 15 is 0 Å². The number of aromatic amines is 1. The summed E-state index contributed by atoms with van der Waals surface area (Å²) < 4.78 is 0. The molecular formula is C22H30N4O4. The highest BCUT2D eigenvalue weighted by Crippen LogP contribution is 2.68. The van der Waals surface area contributed by atoms with Crippen LogP contribution in [0.1, 0.15) is 40.0 Å². The van der Waals surface area contributed by atoms with E-state index in [0.717, 1.165) is 23.7 Å². The lowest BCUT2D eigenvalue weighted by atomic mass is 9.70. The zero-order valence-electron chi connectivity index (χ0n) is 17.6. The van der Waals surface area contributed by atoms with Gasteiger partial charge in [-0.3, -0.25) is 14.7 Å². The van der Waals surface area contributed by atoms with Crippen molar-refractivity contribution in [3.05, 3.63) is 24.4 Å². The Morgan fingerprint density at radius 1 is 1.33 bits per heavy atom. The minimum Gasteiger partial charge on any atom is -0.394 e. The van der Waals surface area contributed by atoms with Gasteiger partial charge in [0.1, 0.15) is 6.04 Å². The topological polar surface area (TPSA) is 127 Å². The number of carbonyl (C=O) groups excluding carboxylic acids is 2. The summed E-state index contributed by atoms with van der Waals surface area (Å²) in [5.41, 5.74) is 1.10. The normalized spacial score (nSPS) is 30.4. The zero-order valence-corrected chi connectivity index (χ0v) is 17.6. The van der Waals surface area contributed by atoms with Gasteiger partial charge in [0.2, 0.25) is 11.8 Å². The molecule has 8 heteroatoms. The number of fused-ring (bicyclic) bond motifs is 3. The Morgan fingerprint density at radius 3 is 2.77 bits per heavy atom. The molecule has 2 amide bonds. The average Bonchev–Trinajstić information content (AvgIpc) is 3.29. The standard InChI is InChI=1S/C22H30N4O4/c1-21(2)15-6-7-22(21,3)19(29)14(15)9-18(28)25-17(11-27)20(30)24-13-5-4-12-10-23-26-16(12)8-13/h4-5,8,10,14-15,17,19,27,29H,6-7,9,11H2,1-3H3,(H,23,26)(H,24,30)(H,25,28)/t14?,15?,17-,19?,22?/m0/s1. The molecular weight excluding hydrogens is 384 g/mol. The van der Waals surface area contributed by atoms with Gasteiger partial charge in [0.25, 0.3) is 0 Å². The molecule has 8 nitrogen and oxygen atoms in total. The van der Waals surface area contributed by atoms with Crippen LogP contribution in [0.25, 0.3) is 10.9 Å². The second-order valence-corrected chi connectivity index (χ2v) is 9.56. The third-order valence-electron chi connectivity index (χ3n) is 7.91. The van der Waals surface area contributed by atoms with Gasteiger partial charge in [-0.15, -0.1) is 0 Å². The van der Waals surface area contributed by atoms with Gasteiger partial charge >= 0.3 is 0 Å². The molecule has 5 N–H and O–H groups in total. The fourth-order valence-corrected chi connectivity index (χ4v) is 5.69. The van der Waals surface area contributed by atoms with Crippen molar-refractivity contribution in [3.63, 3.8) is 0 Å². The highest BCUT2D eigenvalue weighted by Gasteiger charge is 2.65. The van der Waals surface area contributed by atoms with Crippen molar-refractivity contribution in [1.82, 2.24) is 15.5 Å². The van der Waals surface area contributed by atoms with Crippen molar-refractivity contribution in [1.29, 1.82) is 0 Å². The number of aliphatic hydroxyl groups excluding tert-OH is 2. The molecule has 4 rings (SSSR count). The maximum Gasteiger partial charge on any atom is 0.249 e. The number of amides is 2. The summed E-state index contributed by atoms with van der Waals surface area (Å²) in [5.74, 6) is -0.690. The molecule has 2 aliphatic carbocycles. The Balaban J connectivity index is 1.38. The first-order valence-corrected chi connectivity index (χ1v) is 10.5. The molecule has 2 fully saturated rings. The van der Waals surface area contributed by atoms with Crippen LogP contribution in [-0.2, 0) is 9.59 Å². The number of aliphatic hydroxyl groups is 2. The van der Waals surface area contributed by atoms with Gasteiger partial charge < -0.3 is 20.8 Å². The number of nitrogens with zero attached hydrogens (tertiary/aromatic N) is 1. The maximum absolute atomic E-state index is 12.7. The summed E-state index contributed by atoms with van der Waals surface area (Å²) in [7, 11) is 0. The first-order valence-electron chi connectivity index (χ1n) is 10.5. The summed E-state index contributed by atoms with van der Waals surface area (Å²) in [5, 5.41) is 33.6. The summed E-state index contributed by atoms with van der Waals surface area (Å²) in [6, 6.07) is 4.24. The van der Waals surface area contributed by atoms with Crippen LogP contribution in [0, 0.1) is 22.7 Å². The van der Waals surface area contributed by atoms with Crippen LogP contribution in [0.5, 0.6) is 0 Å². The van der Waals surface area contributed by atoms with E-state index in [4.69, 9.17) is 0 Å². The lowest BCUT2D eigenvalue weighted by molar-refractivity contribution is -0.129. The zero-order chi connectivity index (χ0) is 21.7. The van der Waals surface area contributed by atoms with Crippen molar-refractivity contribution >= 4 is 28.4 Å². The molecule has 0 spiro atoms. The van der Waals surface area contributed by atoms with Gasteiger partial charge in [0, 0.05) is 17.5 Å². The molecule has 0 saturated heterocycles. The molecule has 2 saturated carbocycles. The lowest BCUT2D eigenvalue weighted by Crippen LogP contribution is -2.47. The largest absolute Gasteiger partial charge is 0.394 e. The predicted octanol–water partition coefficient (Wildman–Crippen LogP) is 1.80. The molecule has 2 aromatic rings. The molecule has 1 heterocycles. The minimum absolute atomic E-state index is 0.0313. The van der Waals surface area contributed by atoms with Crippen LogP contribution in [0.3, 0.4) is 0 Å². The second-order valence-electron chi connectivity index (χ2n) is 9.56. The molecule has 0 radical (unpaired) electrons. The van der Waals surface area contributed by atoms with Crippen LogP contribution < -0.4 is 10.6 Å². The summed E-state index contributed by atoms with van der Waals surface area (Å²) in [6.45, 7) is 5.94. The van der Waals surface area contributed by atoms with E-state index in [1.54, 1.807) is 18.3 Å². The molecule has 30 heavy (non-hydrogen) atoms. The van der Waals surface area contributed by atoms with Gasteiger partial charge in [0.05, 0.1) is 24.4 Å². The molecule has 4 unspecified atom stereocenters.